The number of benzene rings is 3. The minimum Gasteiger partial charge on any atom is -0.437 e. The molecule has 0 saturated carbocycles. The summed E-state index contributed by atoms with van der Waals surface area (Å²) in [5, 5.41) is 2.45. The van der Waals surface area contributed by atoms with Crippen LogP contribution in [0, 0.1) is 0 Å². The van der Waals surface area contributed by atoms with E-state index in [0.29, 0.717) is 5.89 Å². The highest BCUT2D eigenvalue weighted by molar-refractivity contribution is 5.92. The fourth-order valence-corrected chi connectivity index (χ4v) is 2.66. The van der Waals surface area contributed by atoms with Gasteiger partial charge in [-0.25, -0.2) is 4.98 Å². The van der Waals surface area contributed by atoms with E-state index in [-0.39, 0.29) is 0 Å². The van der Waals surface area contributed by atoms with Crippen LogP contribution in [0.2, 0.25) is 0 Å². The lowest BCUT2D eigenvalue weighted by Gasteiger charge is -2.00. The van der Waals surface area contributed by atoms with Gasteiger partial charge in [0.25, 0.3) is 0 Å². The van der Waals surface area contributed by atoms with Crippen molar-refractivity contribution in [3.8, 4) is 11.3 Å². The van der Waals surface area contributed by atoms with Crippen molar-refractivity contribution in [2.75, 3.05) is 0 Å². The number of hydrogen-bond acceptors (Lipinski definition) is 2. The molecule has 0 atom stereocenters. The first kappa shape index (κ1) is 13.5. The summed E-state index contributed by atoms with van der Waals surface area (Å²) < 4.78 is 5.81. The van der Waals surface area contributed by atoms with E-state index in [4.69, 9.17) is 4.42 Å². The van der Waals surface area contributed by atoms with Crippen LogP contribution in [0.5, 0.6) is 0 Å². The second-order valence-electron chi connectivity index (χ2n) is 5.33. The molecular formula is C21H15NO. The van der Waals surface area contributed by atoms with Gasteiger partial charge in [-0.2, -0.15) is 0 Å². The van der Waals surface area contributed by atoms with Crippen LogP contribution in [0.1, 0.15) is 11.5 Å². The largest absolute Gasteiger partial charge is 0.437 e. The van der Waals surface area contributed by atoms with Crippen LogP contribution in [0.4, 0.5) is 0 Å². The van der Waals surface area contributed by atoms with Gasteiger partial charge in [0.15, 0.2) is 5.76 Å². The molecule has 4 rings (SSSR count). The molecule has 0 unspecified atom stereocenters. The van der Waals surface area contributed by atoms with Crippen molar-refractivity contribution >= 4 is 22.9 Å². The highest BCUT2D eigenvalue weighted by Crippen LogP contribution is 2.23. The standard InChI is InChI=1S/C21H15NO/c1-2-8-18(9-3-1)20-15-22-21(23-20)14-13-17-11-6-10-16-7-4-5-12-19(16)17/h1-15H/b14-13+. The maximum Gasteiger partial charge on any atom is 0.219 e. The van der Waals surface area contributed by atoms with E-state index in [2.05, 4.69) is 47.4 Å². The Morgan fingerprint density at radius 2 is 1.52 bits per heavy atom. The maximum atomic E-state index is 5.81. The van der Waals surface area contributed by atoms with E-state index < -0.39 is 0 Å². The fraction of sp³-hybridized carbons (Fsp3) is 0. The van der Waals surface area contributed by atoms with Gasteiger partial charge in [-0.15, -0.1) is 0 Å². The van der Waals surface area contributed by atoms with E-state index in [0.717, 1.165) is 16.9 Å². The molecule has 2 nitrogen and oxygen atoms in total. The third kappa shape index (κ3) is 2.79. The van der Waals surface area contributed by atoms with Crippen molar-refractivity contribution in [1.82, 2.24) is 4.98 Å². The molecule has 0 aliphatic rings. The summed E-state index contributed by atoms with van der Waals surface area (Å²) in [7, 11) is 0. The van der Waals surface area contributed by atoms with E-state index in [1.54, 1.807) is 6.20 Å². The molecule has 0 radical (unpaired) electrons. The monoisotopic (exact) mass is 297 g/mol. The van der Waals surface area contributed by atoms with Crippen molar-refractivity contribution < 1.29 is 4.42 Å². The third-order valence-corrected chi connectivity index (χ3v) is 3.81. The van der Waals surface area contributed by atoms with Crippen LogP contribution in [-0.2, 0) is 0 Å². The van der Waals surface area contributed by atoms with Gasteiger partial charge in [0.05, 0.1) is 6.20 Å². The van der Waals surface area contributed by atoms with Gasteiger partial charge in [-0.3, -0.25) is 0 Å². The highest BCUT2D eigenvalue weighted by atomic mass is 16.4. The summed E-state index contributed by atoms with van der Waals surface area (Å²) in [4.78, 5) is 4.33. The van der Waals surface area contributed by atoms with Crippen molar-refractivity contribution in [3.63, 3.8) is 0 Å². The molecule has 0 fully saturated rings. The predicted molar refractivity (Wildman–Crippen MR) is 94.8 cm³/mol. The fourth-order valence-electron chi connectivity index (χ4n) is 2.66. The molecule has 1 aromatic heterocycles. The summed E-state index contributed by atoms with van der Waals surface area (Å²) in [6, 6.07) is 24.6. The molecule has 0 aliphatic carbocycles. The number of aromatic nitrogens is 1. The zero-order valence-electron chi connectivity index (χ0n) is 12.5. The zero-order valence-corrected chi connectivity index (χ0v) is 12.5. The maximum absolute atomic E-state index is 5.81. The lowest BCUT2D eigenvalue weighted by molar-refractivity contribution is 0.560. The molecule has 0 bridgehead atoms. The average Bonchev–Trinajstić information content (AvgIpc) is 3.10. The molecule has 23 heavy (non-hydrogen) atoms. The average molecular weight is 297 g/mol. The Morgan fingerprint density at radius 1 is 0.739 bits per heavy atom. The van der Waals surface area contributed by atoms with Crippen LogP contribution in [-0.4, -0.2) is 4.98 Å². The van der Waals surface area contributed by atoms with Gasteiger partial charge in [0.1, 0.15) is 0 Å². The van der Waals surface area contributed by atoms with E-state index in [9.17, 15) is 0 Å². The summed E-state index contributed by atoms with van der Waals surface area (Å²) in [6.45, 7) is 0. The van der Waals surface area contributed by atoms with Gasteiger partial charge < -0.3 is 4.42 Å². The van der Waals surface area contributed by atoms with E-state index in [1.165, 1.54) is 10.8 Å². The third-order valence-electron chi connectivity index (χ3n) is 3.81. The molecule has 0 amide bonds. The second-order valence-corrected chi connectivity index (χ2v) is 5.33. The van der Waals surface area contributed by atoms with Gasteiger partial charge in [0, 0.05) is 11.6 Å². The van der Waals surface area contributed by atoms with Crippen LogP contribution < -0.4 is 0 Å². The molecule has 0 saturated heterocycles. The molecule has 110 valence electrons. The predicted octanol–water partition coefficient (Wildman–Crippen LogP) is 5.67. The normalized spacial score (nSPS) is 11.3. The summed E-state index contributed by atoms with van der Waals surface area (Å²) in [6.07, 6.45) is 5.72. The quantitative estimate of drug-likeness (QED) is 0.487. The Balaban J connectivity index is 1.65. The van der Waals surface area contributed by atoms with E-state index in [1.807, 2.05) is 42.5 Å². The summed E-state index contributed by atoms with van der Waals surface area (Å²) >= 11 is 0. The Hall–Kier alpha value is -3.13. The van der Waals surface area contributed by atoms with E-state index >= 15 is 0 Å². The molecule has 2 heteroatoms. The lowest BCUT2D eigenvalue weighted by Crippen LogP contribution is -1.77. The number of hydrogen-bond donors (Lipinski definition) is 0. The van der Waals surface area contributed by atoms with Crippen LogP contribution in [0.3, 0.4) is 0 Å². The first-order valence-corrected chi connectivity index (χ1v) is 7.57. The van der Waals surface area contributed by atoms with Crippen molar-refractivity contribution in [2.45, 2.75) is 0 Å². The molecule has 4 aromatic rings. The number of oxazole rings is 1. The van der Waals surface area contributed by atoms with Crippen LogP contribution in [0.15, 0.2) is 83.4 Å². The number of fused-ring (bicyclic) bond motifs is 1. The van der Waals surface area contributed by atoms with Gasteiger partial charge in [0.2, 0.25) is 5.89 Å². The first-order chi connectivity index (χ1) is 11.4. The molecular weight excluding hydrogens is 282 g/mol. The smallest absolute Gasteiger partial charge is 0.219 e. The topological polar surface area (TPSA) is 26.0 Å². The molecule has 0 N–H and O–H groups in total. The number of rotatable bonds is 3. The Morgan fingerprint density at radius 3 is 2.43 bits per heavy atom. The van der Waals surface area contributed by atoms with Gasteiger partial charge >= 0.3 is 0 Å². The second kappa shape index (κ2) is 5.93. The highest BCUT2D eigenvalue weighted by Gasteiger charge is 2.03. The minimum absolute atomic E-state index is 0.608. The molecule has 3 aromatic carbocycles. The Labute approximate surface area is 134 Å². The summed E-state index contributed by atoms with van der Waals surface area (Å²) in [5.74, 6) is 1.39. The SMILES string of the molecule is C(=C\c1cccc2ccccc12)/c1ncc(-c2ccccc2)o1. The van der Waals surface area contributed by atoms with Crippen LogP contribution >= 0.6 is 0 Å². The van der Waals surface area contributed by atoms with Crippen molar-refractivity contribution in [2.24, 2.45) is 0 Å². The summed E-state index contributed by atoms with van der Waals surface area (Å²) in [5.41, 5.74) is 2.19. The molecule has 0 aliphatic heterocycles. The Bertz CT molecular complexity index is 962. The lowest BCUT2D eigenvalue weighted by atomic mass is 10.0. The van der Waals surface area contributed by atoms with Crippen molar-refractivity contribution in [1.29, 1.82) is 0 Å². The minimum atomic E-state index is 0.608. The number of nitrogens with zero attached hydrogens (tertiary/aromatic N) is 1. The van der Waals surface area contributed by atoms with Gasteiger partial charge in [-0.05, 0) is 22.4 Å². The first-order valence-electron chi connectivity index (χ1n) is 7.57. The van der Waals surface area contributed by atoms with Crippen molar-refractivity contribution in [3.05, 3.63) is 90.4 Å². The Kier molecular flexibility index (Phi) is 3.49. The van der Waals surface area contributed by atoms with Gasteiger partial charge in [-0.1, -0.05) is 72.8 Å². The molecule has 1 heterocycles. The molecule has 0 spiro atoms. The van der Waals surface area contributed by atoms with Crippen LogP contribution in [0.25, 0.3) is 34.2 Å². The zero-order chi connectivity index (χ0) is 15.5.